The van der Waals surface area contributed by atoms with Gasteiger partial charge in [-0.25, -0.2) is 8.78 Å². The van der Waals surface area contributed by atoms with E-state index >= 15 is 0 Å². The molecule has 0 aliphatic rings. The number of anilines is 2. The molecule has 0 bridgehead atoms. The molecule has 0 spiro atoms. The summed E-state index contributed by atoms with van der Waals surface area (Å²) in [6.45, 7) is 1.98. The Morgan fingerprint density at radius 1 is 1.04 bits per heavy atom. The van der Waals surface area contributed by atoms with Crippen molar-refractivity contribution in [3.8, 4) is 21.8 Å². The molecule has 2 aromatic carbocycles. The van der Waals surface area contributed by atoms with Gasteiger partial charge in [-0.1, -0.05) is 24.3 Å². The minimum Gasteiger partial charge on any atom is -0.278 e. The summed E-state index contributed by atoms with van der Waals surface area (Å²) >= 11 is 1.61. The van der Waals surface area contributed by atoms with Crippen molar-refractivity contribution >= 4 is 29.1 Å². The SMILES string of the molecule is Cc1c(-c2cccs2)n[nH]c1-c1ccc(N(C=O)c2c(F)cccc2F)cc1. The van der Waals surface area contributed by atoms with Crippen LogP contribution in [0, 0.1) is 18.6 Å². The first kappa shape index (κ1) is 18.1. The van der Waals surface area contributed by atoms with Crippen molar-refractivity contribution in [1.82, 2.24) is 10.2 Å². The van der Waals surface area contributed by atoms with Crippen LogP contribution in [0.5, 0.6) is 0 Å². The van der Waals surface area contributed by atoms with E-state index in [4.69, 9.17) is 0 Å². The van der Waals surface area contributed by atoms with Gasteiger partial charge >= 0.3 is 0 Å². The summed E-state index contributed by atoms with van der Waals surface area (Å²) in [5.41, 5.74) is 3.56. The third-order valence-corrected chi connectivity index (χ3v) is 5.36. The van der Waals surface area contributed by atoms with Crippen molar-refractivity contribution < 1.29 is 13.6 Å². The minimum atomic E-state index is -0.804. The summed E-state index contributed by atoms with van der Waals surface area (Å²) in [5, 5.41) is 9.44. The number of aromatic amines is 1. The first-order chi connectivity index (χ1) is 13.6. The van der Waals surface area contributed by atoms with Crippen molar-refractivity contribution in [2.24, 2.45) is 0 Å². The average Bonchev–Trinajstić information content (AvgIpc) is 3.35. The van der Waals surface area contributed by atoms with Gasteiger partial charge in [0.1, 0.15) is 23.0 Å². The number of nitrogens with zero attached hydrogens (tertiary/aromatic N) is 2. The number of aromatic nitrogens is 2. The lowest BCUT2D eigenvalue weighted by atomic mass is 10.1. The first-order valence-electron chi connectivity index (χ1n) is 8.48. The normalized spacial score (nSPS) is 10.8. The maximum atomic E-state index is 14.1. The highest BCUT2D eigenvalue weighted by Crippen LogP contribution is 2.34. The van der Waals surface area contributed by atoms with Gasteiger partial charge in [0.05, 0.1) is 10.6 Å². The molecule has 4 nitrogen and oxygen atoms in total. The van der Waals surface area contributed by atoms with E-state index < -0.39 is 17.3 Å². The molecule has 4 rings (SSSR count). The molecule has 28 heavy (non-hydrogen) atoms. The molecule has 0 unspecified atom stereocenters. The number of amides is 1. The van der Waals surface area contributed by atoms with E-state index in [2.05, 4.69) is 10.2 Å². The van der Waals surface area contributed by atoms with Crippen LogP contribution >= 0.6 is 11.3 Å². The Morgan fingerprint density at radius 3 is 2.36 bits per heavy atom. The molecule has 7 heteroatoms. The minimum absolute atomic E-state index is 0.360. The number of carbonyl (C=O) groups is 1. The monoisotopic (exact) mass is 395 g/mol. The van der Waals surface area contributed by atoms with Crippen molar-refractivity contribution in [2.75, 3.05) is 4.90 Å². The van der Waals surface area contributed by atoms with Crippen molar-refractivity contribution in [2.45, 2.75) is 6.92 Å². The molecule has 4 aromatic rings. The fourth-order valence-corrected chi connectivity index (χ4v) is 3.85. The average molecular weight is 395 g/mol. The van der Waals surface area contributed by atoms with E-state index in [-0.39, 0.29) is 0 Å². The fraction of sp³-hybridized carbons (Fsp3) is 0.0476. The summed E-state index contributed by atoms with van der Waals surface area (Å²) in [4.78, 5) is 13.5. The van der Waals surface area contributed by atoms with Crippen LogP contribution in [0.4, 0.5) is 20.2 Å². The third-order valence-electron chi connectivity index (χ3n) is 4.48. The maximum Gasteiger partial charge on any atom is 0.218 e. The number of hydrogen-bond acceptors (Lipinski definition) is 3. The second kappa shape index (κ2) is 7.36. The number of rotatable bonds is 5. The fourth-order valence-electron chi connectivity index (χ4n) is 3.08. The number of para-hydroxylation sites is 1. The molecule has 1 N–H and O–H groups in total. The number of carbonyl (C=O) groups excluding carboxylic acids is 1. The van der Waals surface area contributed by atoms with Gasteiger partial charge in [-0.05, 0) is 48.2 Å². The van der Waals surface area contributed by atoms with Crippen molar-refractivity contribution in [3.63, 3.8) is 0 Å². The molecule has 0 atom stereocenters. The summed E-state index contributed by atoms with van der Waals surface area (Å²) < 4.78 is 28.1. The number of H-pyrrole nitrogens is 1. The Hall–Kier alpha value is -3.32. The van der Waals surface area contributed by atoms with Crippen LogP contribution in [0.25, 0.3) is 21.8 Å². The van der Waals surface area contributed by atoms with Gasteiger partial charge in [-0.2, -0.15) is 5.10 Å². The quantitative estimate of drug-likeness (QED) is 0.442. The van der Waals surface area contributed by atoms with Crippen LogP contribution in [-0.4, -0.2) is 16.6 Å². The molecule has 0 radical (unpaired) electrons. The Kier molecular flexibility index (Phi) is 4.75. The molecule has 0 aliphatic heterocycles. The molecule has 0 saturated heterocycles. The maximum absolute atomic E-state index is 14.1. The lowest BCUT2D eigenvalue weighted by molar-refractivity contribution is -0.106. The highest BCUT2D eigenvalue weighted by molar-refractivity contribution is 7.13. The highest BCUT2D eigenvalue weighted by Gasteiger charge is 2.18. The van der Waals surface area contributed by atoms with Gasteiger partial charge in [0, 0.05) is 11.3 Å². The van der Waals surface area contributed by atoms with E-state index in [0.29, 0.717) is 12.1 Å². The number of nitrogens with one attached hydrogen (secondary N) is 1. The Morgan fingerprint density at radius 2 is 1.75 bits per heavy atom. The van der Waals surface area contributed by atoms with E-state index in [1.165, 1.54) is 6.07 Å². The lowest BCUT2D eigenvalue weighted by Gasteiger charge is -2.19. The lowest BCUT2D eigenvalue weighted by Crippen LogP contribution is -2.17. The van der Waals surface area contributed by atoms with Crippen LogP contribution in [-0.2, 0) is 4.79 Å². The van der Waals surface area contributed by atoms with E-state index in [1.807, 2.05) is 24.4 Å². The molecule has 1 amide bonds. The van der Waals surface area contributed by atoms with Crippen LogP contribution in [0.2, 0.25) is 0 Å². The van der Waals surface area contributed by atoms with Crippen LogP contribution < -0.4 is 4.90 Å². The molecular weight excluding hydrogens is 380 g/mol. The van der Waals surface area contributed by atoms with Gasteiger partial charge in [0.25, 0.3) is 0 Å². The van der Waals surface area contributed by atoms with Gasteiger partial charge in [0.15, 0.2) is 0 Å². The van der Waals surface area contributed by atoms with Gasteiger partial charge in [-0.3, -0.25) is 14.8 Å². The zero-order chi connectivity index (χ0) is 19.7. The molecule has 2 heterocycles. The summed E-state index contributed by atoms with van der Waals surface area (Å²) in [6.07, 6.45) is 0.396. The van der Waals surface area contributed by atoms with Crippen LogP contribution in [0.15, 0.2) is 60.0 Å². The molecule has 0 saturated carbocycles. The topological polar surface area (TPSA) is 49.0 Å². The number of thiophene rings is 1. The predicted molar refractivity (Wildman–Crippen MR) is 107 cm³/mol. The first-order valence-corrected chi connectivity index (χ1v) is 9.36. The Bertz CT molecular complexity index is 1100. The highest BCUT2D eigenvalue weighted by atomic mass is 32.1. The van der Waals surface area contributed by atoms with E-state index in [1.54, 1.807) is 35.6 Å². The second-order valence-electron chi connectivity index (χ2n) is 6.14. The Balaban J connectivity index is 1.69. The zero-order valence-electron chi connectivity index (χ0n) is 14.8. The largest absolute Gasteiger partial charge is 0.278 e. The zero-order valence-corrected chi connectivity index (χ0v) is 15.6. The summed E-state index contributed by atoms with van der Waals surface area (Å²) in [5.74, 6) is -1.61. The molecule has 140 valence electrons. The van der Waals surface area contributed by atoms with Crippen LogP contribution in [0.1, 0.15) is 5.56 Å². The molecule has 0 fully saturated rings. The third kappa shape index (κ3) is 3.10. The number of hydrogen-bond donors (Lipinski definition) is 1. The summed E-state index contributed by atoms with van der Waals surface area (Å²) in [6, 6.07) is 14.3. The molecule has 0 aliphatic carbocycles. The van der Waals surface area contributed by atoms with Crippen molar-refractivity contribution in [3.05, 3.63) is 77.2 Å². The Labute approximate surface area is 164 Å². The molecular formula is C21H15F2N3OS. The van der Waals surface area contributed by atoms with Gasteiger partial charge in [0.2, 0.25) is 6.41 Å². The van der Waals surface area contributed by atoms with E-state index in [0.717, 1.165) is 44.4 Å². The van der Waals surface area contributed by atoms with E-state index in [9.17, 15) is 13.6 Å². The van der Waals surface area contributed by atoms with Crippen LogP contribution in [0.3, 0.4) is 0 Å². The molecule has 2 aromatic heterocycles. The second-order valence-corrected chi connectivity index (χ2v) is 7.09. The number of benzene rings is 2. The predicted octanol–water partition coefficient (Wildman–Crippen LogP) is 5.69. The van der Waals surface area contributed by atoms with Crippen molar-refractivity contribution in [1.29, 1.82) is 0 Å². The van der Waals surface area contributed by atoms with Gasteiger partial charge < -0.3 is 0 Å². The number of halogens is 2. The summed E-state index contributed by atoms with van der Waals surface area (Å²) in [7, 11) is 0. The smallest absolute Gasteiger partial charge is 0.218 e. The van der Waals surface area contributed by atoms with Gasteiger partial charge in [-0.15, -0.1) is 11.3 Å². The standard InChI is InChI=1S/C21H15F2N3OS/c1-13-19(24-25-20(13)18-6-3-11-28-18)14-7-9-15(10-8-14)26(12-27)21-16(22)4-2-5-17(21)23/h2-12H,1H3,(H,24,25).